The van der Waals surface area contributed by atoms with E-state index in [0.717, 1.165) is 3.97 Å². The van der Waals surface area contributed by atoms with Gasteiger partial charge in [0.1, 0.15) is 0 Å². The van der Waals surface area contributed by atoms with Crippen LogP contribution in [0.2, 0.25) is 5.02 Å². The van der Waals surface area contributed by atoms with Gasteiger partial charge in [0.05, 0.1) is 10.4 Å². The second-order valence-corrected chi connectivity index (χ2v) is 8.63. The molecule has 27 heavy (non-hydrogen) atoms. The number of aromatic nitrogens is 1. The lowest BCUT2D eigenvalue weighted by atomic mass is 10.1. The third-order valence-corrected chi connectivity index (χ3v) is 6.22. The lowest BCUT2D eigenvalue weighted by molar-refractivity contribution is 0.104. The molecule has 0 amide bonds. The van der Waals surface area contributed by atoms with E-state index < -0.39 is 10.0 Å². The minimum Gasteiger partial charge on any atom is -0.383 e. The van der Waals surface area contributed by atoms with Gasteiger partial charge in [0.2, 0.25) is 0 Å². The average molecular weight is 403 g/mol. The molecule has 0 aliphatic heterocycles. The molecule has 0 bridgehead atoms. The first-order valence-electron chi connectivity index (χ1n) is 8.22. The first kappa shape index (κ1) is 19.2. The fraction of sp³-hybridized carbons (Fsp3) is 0.150. The normalized spacial score (nSPS) is 12.0. The third kappa shape index (κ3) is 3.63. The van der Waals surface area contributed by atoms with E-state index in [0.29, 0.717) is 27.1 Å². The molecule has 7 heteroatoms. The topological polar surface area (TPSA) is 59.4 Å². The van der Waals surface area contributed by atoms with Gasteiger partial charge >= 0.3 is 0 Å². The van der Waals surface area contributed by atoms with Crippen molar-refractivity contribution in [2.45, 2.75) is 11.8 Å². The van der Waals surface area contributed by atoms with Crippen molar-refractivity contribution in [3.8, 4) is 0 Å². The largest absolute Gasteiger partial charge is 0.383 e. The van der Waals surface area contributed by atoms with Gasteiger partial charge in [-0.25, -0.2) is 12.4 Å². The Labute approximate surface area is 163 Å². The SMILES string of the molecule is Cc1ccccc1S(=O)(=O)n1cc(C(=O)/C=C/N(C)C)c2ccc(Cl)cc21. The number of allylic oxidation sites excluding steroid dienone is 1. The molecule has 0 N–H and O–H groups in total. The molecule has 0 spiro atoms. The van der Waals surface area contributed by atoms with Crippen molar-refractivity contribution >= 4 is 38.3 Å². The van der Waals surface area contributed by atoms with Gasteiger partial charge in [0.25, 0.3) is 10.0 Å². The van der Waals surface area contributed by atoms with Gasteiger partial charge in [-0.2, -0.15) is 0 Å². The van der Waals surface area contributed by atoms with Gasteiger partial charge in [-0.15, -0.1) is 0 Å². The molecule has 140 valence electrons. The average Bonchev–Trinajstić information content (AvgIpc) is 2.99. The maximum atomic E-state index is 13.3. The lowest BCUT2D eigenvalue weighted by Crippen LogP contribution is -2.13. The highest BCUT2D eigenvalue weighted by molar-refractivity contribution is 7.90. The summed E-state index contributed by atoms with van der Waals surface area (Å²) in [6.45, 7) is 1.73. The molecule has 0 radical (unpaired) electrons. The molecule has 3 rings (SSSR count). The number of rotatable bonds is 5. The quantitative estimate of drug-likeness (QED) is 0.476. The molecule has 0 saturated carbocycles. The van der Waals surface area contributed by atoms with Gasteiger partial charge < -0.3 is 4.90 Å². The van der Waals surface area contributed by atoms with Crippen molar-refractivity contribution in [2.24, 2.45) is 0 Å². The number of hydrogen-bond acceptors (Lipinski definition) is 4. The molecule has 0 aliphatic rings. The van der Waals surface area contributed by atoms with Crippen LogP contribution >= 0.6 is 11.6 Å². The number of benzene rings is 2. The molecule has 0 atom stereocenters. The molecule has 0 fully saturated rings. The van der Waals surface area contributed by atoms with Crippen molar-refractivity contribution < 1.29 is 13.2 Å². The fourth-order valence-electron chi connectivity index (χ4n) is 2.82. The van der Waals surface area contributed by atoms with Crippen LogP contribution in [-0.2, 0) is 10.0 Å². The first-order valence-corrected chi connectivity index (χ1v) is 10.0. The number of halogens is 1. The monoisotopic (exact) mass is 402 g/mol. The second-order valence-electron chi connectivity index (χ2n) is 6.41. The summed E-state index contributed by atoms with van der Waals surface area (Å²) in [5, 5.41) is 0.926. The minimum atomic E-state index is -3.89. The van der Waals surface area contributed by atoms with Gasteiger partial charge in [-0.3, -0.25) is 4.79 Å². The number of carbonyl (C=O) groups is 1. The van der Waals surface area contributed by atoms with E-state index in [4.69, 9.17) is 11.6 Å². The van der Waals surface area contributed by atoms with Gasteiger partial charge in [-0.1, -0.05) is 35.9 Å². The maximum absolute atomic E-state index is 13.3. The lowest BCUT2D eigenvalue weighted by Gasteiger charge is -2.10. The van der Waals surface area contributed by atoms with Crippen molar-refractivity contribution in [3.63, 3.8) is 0 Å². The zero-order chi connectivity index (χ0) is 19.8. The fourth-order valence-corrected chi connectivity index (χ4v) is 4.58. The molecule has 5 nitrogen and oxygen atoms in total. The second kappa shape index (κ2) is 7.21. The summed E-state index contributed by atoms with van der Waals surface area (Å²) >= 11 is 6.10. The van der Waals surface area contributed by atoms with Gasteiger partial charge in [-0.05, 0) is 30.7 Å². The van der Waals surface area contributed by atoms with Crippen LogP contribution in [0.25, 0.3) is 10.9 Å². The summed E-state index contributed by atoms with van der Waals surface area (Å²) in [5.74, 6) is -0.283. The summed E-state index contributed by atoms with van der Waals surface area (Å²) in [6.07, 6.45) is 4.40. The summed E-state index contributed by atoms with van der Waals surface area (Å²) in [4.78, 5) is 14.6. The molecule has 0 saturated heterocycles. The smallest absolute Gasteiger partial charge is 0.268 e. The van der Waals surface area contributed by atoms with E-state index in [2.05, 4.69) is 0 Å². The Bertz CT molecular complexity index is 1160. The Kier molecular flexibility index (Phi) is 5.13. The summed E-state index contributed by atoms with van der Waals surface area (Å²) in [6, 6.07) is 11.6. The Hall–Kier alpha value is -2.57. The standard InChI is InChI=1S/C20H19ClN2O3S/c1-14-6-4-5-7-20(14)27(25,26)23-13-17(19(24)10-11-22(2)3)16-9-8-15(21)12-18(16)23/h4-13H,1-3H3/b11-10+. The van der Waals surface area contributed by atoms with Crippen molar-refractivity contribution in [3.05, 3.63) is 77.1 Å². The zero-order valence-corrected chi connectivity index (χ0v) is 16.8. The minimum absolute atomic E-state index is 0.185. The van der Waals surface area contributed by atoms with Crippen LogP contribution in [0.15, 0.2) is 65.8 Å². The Balaban J connectivity index is 2.27. The predicted molar refractivity (Wildman–Crippen MR) is 108 cm³/mol. The van der Waals surface area contributed by atoms with Crippen molar-refractivity contribution in [2.75, 3.05) is 14.1 Å². The van der Waals surface area contributed by atoms with E-state index in [-0.39, 0.29) is 10.7 Å². The predicted octanol–water partition coefficient (Wildman–Crippen LogP) is 4.10. The highest BCUT2D eigenvalue weighted by Crippen LogP contribution is 2.29. The Morgan fingerprint density at radius 3 is 2.52 bits per heavy atom. The third-order valence-electron chi connectivity index (χ3n) is 4.15. The number of aryl methyl sites for hydroxylation is 1. The van der Waals surface area contributed by atoms with Crippen LogP contribution in [0.1, 0.15) is 15.9 Å². The molecule has 0 unspecified atom stereocenters. The first-order chi connectivity index (χ1) is 12.7. The molecule has 1 heterocycles. The van der Waals surface area contributed by atoms with E-state index in [9.17, 15) is 13.2 Å². The van der Waals surface area contributed by atoms with Crippen LogP contribution in [0.4, 0.5) is 0 Å². The van der Waals surface area contributed by atoms with Crippen LogP contribution in [0, 0.1) is 6.92 Å². The van der Waals surface area contributed by atoms with E-state index in [1.54, 1.807) is 74.6 Å². The van der Waals surface area contributed by atoms with E-state index in [1.165, 1.54) is 12.3 Å². The van der Waals surface area contributed by atoms with Gasteiger partial charge in [0.15, 0.2) is 5.78 Å². The number of fused-ring (bicyclic) bond motifs is 1. The molecular weight excluding hydrogens is 384 g/mol. The maximum Gasteiger partial charge on any atom is 0.268 e. The highest BCUT2D eigenvalue weighted by Gasteiger charge is 2.24. The molecule has 3 aromatic rings. The number of ketones is 1. The highest BCUT2D eigenvalue weighted by atomic mass is 35.5. The summed E-state index contributed by atoms with van der Waals surface area (Å²) < 4.78 is 27.7. The van der Waals surface area contributed by atoms with Crippen LogP contribution < -0.4 is 0 Å². The molecular formula is C20H19ClN2O3S. The molecule has 0 aliphatic carbocycles. The van der Waals surface area contributed by atoms with E-state index in [1.807, 2.05) is 0 Å². The summed E-state index contributed by atoms with van der Waals surface area (Å²) in [5.41, 5.74) is 1.30. The molecule has 1 aromatic heterocycles. The number of nitrogens with zero attached hydrogens (tertiary/aromatic N) is 2. The zero-order valence-electron chi connectivity index (χ0n) is 15.2. The van der Waals surface area contributed by atoms with E-state index >= 15 is 0 Å². The van der Waals surface area contributed by atoms with Crippen molar-refractivity contribution in [1.29, 1.82) is 0 Å². The van der Waals surface area contributed by atoms with Crippen molar-refractivity contribution in [1.82, 2.24) is 8.87 Å². The molecule has 2 aromatic carbocycles. The van der Waals surface area contributed by atoms with Crippen LogP contribution in [0.5, 0.6) is 0 Å². The van der Waals surface area contributed by atoms with Crippen LogP contribution in [0.3, 0.4) is 0 Å². The number of carbonyl (C=O) groups excluding carboxylic acids is 1. The Morgan fingerprint density at radius 2 is 1.85 bits per heavy atom. The Morgan fingerprint density at radius 1 is 1.15 bits per heavy atom. The summed E-state index contributed by atoms with van der Waals surface area (Å²) in [7, 11) is -0.284. The van der Waals surface area contributed by atoms with Crippen LogP contribution in [-0.4, -0.2) is 37.2 Å². The number of hydrogen-bond donors (Lipinski definition) is 0. The van der Waals surface area contributed by atoms with Gasteiger partial charge in [0, 0.05) is 48.5 Å².